The second kappa shape index (κ2) is 4.73. The van der Waals surface area contributed by atoms with Crippen LogP contribution in [0.25, 0.3) is 0 Å². The Hall–Kier alpha value is -1.95. The topological polar surface area (TPSA) is 75.4 Å². The normalized spacial score (nSPS) is 17.8. The highest BCUT2D eigenvalue weighted by Gasteiger charge is 2.35. The van der Waals surface area contributed by atoms with Crippen LogP contribution < -0.4 is 16.0 Å². The molecule has 3 N–H and O–H groups in total. The van der Waals surface area contributed by atoms with Crippen LogP contribution in [0.3, 0.4) is 0 Å². The molecule has 0 radical (unpaired) electrons. The van der Waals surface area contributed by atoms with Gasteiger partial charge in [0.1, 0.15) is 18.4 Å². The molecule has 0 spiro atoms. The van der Waals surface area contributed by atoms with E-state index in [4.69, 9.17) is 5.73 Å². The molecule has 1 unspecified atom stereocenters. The number of fused-ring (bicyclic) bond motifs is 1. The molecule has 2 amide bonds. The number of nitrogens with one attached hydrogen (secondary N) is 1. The molecule has 0 saturated heterocycles. The van der Waals surface area contributed by atoms with Crippen LogP contribution in [-0.4, -0.2) is 24.9 Å². The molecule has 5 nitrogen and oxygen atoms in total. The summed E-state index contributed by atoms with van der Waals surface area (Å²) in [5.41, 5.74) is 6.63. The molecule has 0 fully saturated rings. The van der Waals surface area contributed by atoms with Gasteiger partial charge in [-0.05, 0) is 25.1 Å². The summed E-state index contributed by atoms with van der Waals surface area (Å²) < 4.78 is 13.1. The van der Waals surface area contributed by atoms with Crippen LogP contribution in [0.5, 0.6) is 0 Å². The zero-order valence-electron chi connectivity index (χ0n) is 9.94. The van der Waals surface area contributed by atoms with E-state index in [9.17, 15) is 14.0 Å². The Bertz CT molecular complexity index is 504. The number of carbonyl (C=O) groups is 2. The van der Waals surface area contributed by atoms with E-state index >= 15 is 0 Å². The van der Waals surface area contributed by atoms with Gasteiger partial charge in [0.05, 0.1) is 0 Å². The molecule has 2 rings (SSSR count). The number of nitrogens with two attached hydrogens (primary N) is 1. The van der Waals surface area contributed by atoms with Crippen molar-refractivity contribution in [2.75, 3.05) is 18.0 Å². The van der Waals surface area contributed by atoms with Crippen LogP contribution in [0.4, 0.5) is 10.1 Å². The number of carbonyl (C=O) groups excluding carboxylic acids is 2. The first kappa shape index (κ1) is 12.5. The van der Waals surface area contributed by atoms with Gasteiger partial charge >= 0.3 is 0 Å². The molecule has 0 bridgehead atoms. The van der Waals surface area contributed by atoms with Gasteiger partial charge < -0.3 is 16.0 Å². The lowest BCUT2D eigenvalue weighted by atomic mass is 10.1. The summed E-state index contributed by atoms with van der Waals surface area (Å²) in [7, 11) is 0. The first-order valence-corrected chi connectivity index (χ1v) is 5.67. The van der Waals surface area contributed by atoms with Crippen molar-refractivity contribution in [3.05, 3.63) is 29.6 Å². The maximum Gasteiger partial charge on any atom is 0.249 e. The number of anilines is 1. The number of benzene rings is 1. The van der Waals surface area contributed by atoms with E-state index in [-0.39, 0.29) is 18.4 Å². The summed E-state index contributed by atoms with van der Waals surface area (Å²) in [6.45, 7) is 2.18. The van der Waals surface area contributed by atoms with Crippen molar-refractivity contribution in [1.29, 1.82) is 0 Å². The number of nitrogens with zero attached hydrogens (tertiary/aromatic N) is 1. The van der Waals surface area contributed by atoms with E-state index in [2.05, 4.69) is 5.32 Å². The largest absolute Gasteiger partial charge is 0.355 e. The van der Waals surface area contributed by atoms with Crippen LogP contribution in [0.2, 0.25) is 0 Å². The lowest BCUT2D eigenvalue weighted by Crippen LogP contribution is -2.40. The Balaban J connectivity index is 2.28. The van der Waals surface area contributed by atoms with Crippen molar-refractivity contribution in [1.82, 2.24) is 5.32 Å². The molecular formula is C12H14FN3O2. The molecule has 0 aliphatic carbocycles. The van der Waals surface area contributed by atoms with Crippen molar-refractivity contribution < 1.29 is 14.0 Å². The highest BCUT2D eigenvalue weighted by atomic mass is 19.1. The fourth-order valence-electron chi connectivity index (χ4n) is 2.00. The molecule has 1 aliphatic heterocycles. The third-order valence-corrected chi connectivity index (χ3v) is 2.82. The summed E-state index contributed by atoms with van der Waals surface area (Å²) in [5, 5.41) is 2.60. The van der Waals surface area contributed by atoms with Gasteiger partial charge in [0, 0.05) is 17.8 Å². The molecule has 1 atom stereocenters. The van der Waals surface area contributed by atoms with E-state index < -0.39 is 11.9 Å². The predicted octanol–water partition coefficient (Wildman–Crippen LogP) is 0.308. The van der Waals surface area contributed by atoms with Gasteiger partial charge in [-0.25, -0.2) is 4.39 Å². The van der Waals surface area contributed by atoms with Gasteiger partial charge in [0.25, 0.3) is 0 Å². The molecule has 1 heterocycles. The van der Waals surface area contributed by atoms with E-state index in [1.165, 1.54) is 23.1 Å². The van der Waals surface area contributed by atoms with Crippen LogP contribution in [-0.2, 0) is 9.59 Å². The first-order valence-electron chi connectivity index (χ1n) is 5.67. The van der Waals surface area contributed by atoms with Gasteiger partial charge in [0.2, 0.25) is 11.8 Å². The number of hydrogen-bond donors (Lipinski definition) is 2. The average molecular weight is 251 g/mol. The van der Waals surface area contributed by atoms with Gasteiger partial charge in [-0.1, -0.05) is 0 Å². The second-order valence-electron chi connectivity index (χ2n) is 4.06. The standard InChI is InChI=1S/C12H14FN3O2/c1-2-15-10(17)6-16-9-4-3-7(13)5-8(9)11(14)12(16)18/h3-5,11H,2,6,14H2,1H3,(H,15,17). The fourth-order valence-corrected chi connectivity index (χ4v) is 2.00. The Labute approximate surface area is 104 Å². The van der Waals surface area contributed by atoms with Crippen LogP contribution >= 0.6 is 0 Å². The van der Waals surface area contributed by atoms with E-state index in [0.717, 1.165) is 0 Å². The van der Waals surface area contributed by atoms with Gasteiger partial charge in [-0.2, -0.15) is 0 Å². The van der Waals surface area contributed by atoms with Crippen LogP contribution in [0.15, 0.2) is 18.2 Å². The third-order valence-electron chi connectivity index (χ3n) is 2.82. The zero-order valence-corrected chi connectivity index (χ0v) is 9.94. The van der Waals surface area contributed by atoms with Gasteiger partial charge in [0.15, 0.2) is 0 Å². The monoisotopic (exact) mass is 251 g/mol. The Morgan fingerprint density at radius 1 is 1.56 bits per heavy atom. The Kier molecular flexibility index (Phi) is 3.29. The summed E-state index contributed by atoms with van der Waals surface area (Å²) in [6, 6.07) is 3.05. The van der Waals surface area contributed by atoms with Crippen LogP contribution in [0.1, 0.15) is 18.5 Å². The molecule has 1 aromatic carbocycles. The minimum absolute atomic E-state index is 0.0982. The molecule has 96 valence electrons. The quantitative estimate of drug-likeness (QED) is 0.811. The SMILES string of the molecule is CCNC(=O)CN1C(=O)C(N)c2cc(F)ccc21. The number of halogens is 1. The fraction of sp³-hybridized carbons (Fsp3) is 0.333. The lowest BCUT2D eigenvalue weighted by molar-refractivity contribution is -0.124. The Morgan fingerprint density at radius 2 is 2.28 bits per heavy atom. The maximum absolute atomic E-state index is 13.1. The summed E-state index contributed by atoms with van der Waals surface area (Å²) in [5.74, 6) is -1.10. The van der Waals surface area contributed by atoms with Crippen molar-refractivity contribution in [2.45, 2.75) is 13.0 Å². The smallest absolute Gasteiger partial charge is 0.249 e. The first-order chi connectivity index (χ1) is 8.54. The van der Waals surface area contributed by atoms with Crippen molar-refractivity contribution in [3.63, 3.8) is 0 Å². The van der Waals surface area contributed by atoms with Crippen molar-refractivity contribution in [2.24, 2.45) is 5.73 Å². The zero-order chi connectivity index (χ0) is 13.3. The molecule has 6 heteroatoms. The van der Waals surface area contributed by atoms with E-state index in [1.54, 1.807) is 6.92 Å². The molecule has 1 aromatic rings. The van der Waals surface area contributed by atoms with E-state index in [0.29, 0.717) is 17.8 Å². The number of amides is 2. The van der Waals surface area contributed by atoms with Gasteiger partial charge in [-0.15, -0.1) is 0 Å². The molecular weight excluding hydrogens is 237 g/mol. The summed E-state index contributed by atoms with van der Waals surface area (Å²) >= 11 is 0. The van der Waals surface area contributed by atoms with Crippen molar-refractivity contribution >= 4 is 17.5 Å². The summed E-state index contributed by atoms with van der Waals surface area (Å²) in [6.07, 6.45) is 0. The molecule has 0 saturated carbocycles. The molecule has 18 heavy (non-hydrogen) atoms. The number of rotatable bonds is 3. The predicted molar refractivity (Wildman–Crippen MR) is 64.4 cm³/mol. The minimum atomic E-state index is -0.898. The lowest BCUT2D eigenvalue weighted by Gasteiger charge is -2.16. The molecule has 1 aliphatic rings. The van der Waals surface area contributed by atoms with Crippen LogP contribution in [0, 0.1) is 5.82 Å². The highest BCUT2D eigenvalue weighted by Crippen LogP contribution is 2.34. The number of hydrogen-bond acceptors (Lipinski definition) is 3. The Morgan fingerprint density at radius 3 is 2.94 bits per heavy atom. The number of likely N-dealkylation sites (N-methyl/N-ethyl adjacent to an activating group) is 1. The van der Waals surface area contributed by atoms with Crippen molar-refractivity contribution in [3.8, 4) is 0 Å². The highest BCUT2D eigenvalue weighted by molar-refractivity contribution is 6.07. The minimum Gasteiger partial charge on any atom is -0.355 e. The second-order valence-corrected chi connectivity index (χ2v) is 4.06. The average Bonchev–Trinajstić information content (AvgIpc) is 2.55. The van der Waals surface area contributed by atoms with E-state index in [1.807, 2.05) is 0 Å². The third kappa shape index (κ3) is 2.06. The van der Waals surface area contributed by atoms with Gasteiger partial charge in [-0.3, -0.25) is 9.59 Å². The molecule has 0 aromatic heterocycles. The summed E-state index contributed by atoms with van der Waals surface area (Å²) in [4.78, 5) is 24.7. The maximum atomic E-state index is 13.1.